The van der Waals surface area contributed by atoms with E-state index in [1.54, 1.807) is 4.90 Å². The number of aliphatic hydroxyl groups excluding tert-OH is 1. The Morgan fingerprint density at radius 2 is 2.00 bits per heavy atom. The maximum Gasteiger partial charge on any atom is 0.227 e. The lowest BCUT2D eigenvalue weighted by Crippen LogP contribution is -2.40. The molecule has 1 amide bonds. The first kappa shape index (κ1) is 13.0. The summed E-state index contributed by atoms with van der Waals surface area (Å²) in [5.74, 6) is -1.35. The number of carbonyl (C=O) groups excluding carboxylic acids is 1. The van der Waals surface area contributed by atoms with Gasteiger partial charge in [0.05, 0.1) is 12.5 Å². The largest absolute Gasteiger partial charge is 0.393 e. The molecule has 1 aromatic rings. The average Bonchev–Trinajstić information content (AvgIpc) is 2.34. The number of rotatable bonds is 2. The SMILES string of the molecule is O=C(Cc1cc(F)ccc1F)N1CCC(O)CC1. The van der Waals surface area contributed by atoms with E-state index in [2.05, 4.69) is 0 Å². The third-order valence-corrected chi connectivity index (χ3v) is 3.17. The molecular formula is C13H15F2NO2. The lowest BCUT2D eigenvalue weighted by Gasteiger charge is -2.29. The normalized spacial score (nSPS) is 16.9. The van der Waals surface area contributed by atoms with Crippen molar-refractivity contribution >= 4 is 5.91 Å². The van der Waals surface area contributed by atoms with Gasteiger partial charge in [-0.15, -0.1) is 0 Å². The van der Waals surface area contributed by atoms with Gasteiger partial charge < -0.3 is 10.0 Å². The minimum atomic E-state index is -0.568. The number of hydrogen-bond acceptors (Lipinski definition) is 2. The topological polar surface area (TPSA) is 40.5 Å². The van der Waals surface area contributed by atoms with E-state index < -0.39 is 11.6 Å². The van der Waals surface area contributed by atoms with Crippen LogP contribution in [-0.2, 0) is 11.2 Å². The first-order valence-corrected chi connectivity index (χ1v) is 5.96. The van der Waals surface area contributed by atoms with Crippen molar-refractivity contribution in [2.24, 2.45) is 0 Å². The van der Waals surface area contributed by atoms with Gasteiger partial charge in [-0.05, 0) is 31.0 Å². The number of likely N-dealkylation sites (tertiary alicyclic amines) is 1. The Labute approximate surface area is 104 Å². The van der Waals surface area contributed by atoms with Crippen LogP contribution in [-0.4, -0.2) is 35.1 Å². The van der Waals surface area contributed by atoms with Gasteiger partial charge in [-0.2, -0.15) is 0 Å². The van der Waals surface area contributed by atoms with Crippen molar-refractivity contribution in [3.05, 3.63) is 35.4 Å². The zero-order chi connectivity index (χ0) is 13.1. The van der Waals surface area contributed by atoms with Gasteiger partial charge in [0.1, 0.15) is 11.6 Å². The Bertz CT molecular complexity index is 443. The molecule has 0 spiro atoms. The highest BCUT2D eigenvalue weighted by Crippen LogP contribution is 2.14. The zero-order valence-corrected chi connectivity index (χ0v) is 9.90. The van der Waals surface area contributed by atoms with Crippen LogP contribution in [0.3, 0.4) is 0 Å². The van der Waals surface area contributed by atoms with E-state index in [9.17, 15) is 18.7 Å². The van der Waals surface area contributed by atoms with E-state index >= 15 is 0 Å². The van der Waals surface area contributed by atoms with Crippen LogP contribution < -0.4 is 0 Å². The molecule has 2 rings (SSSR count). The summed E-state index contributed by atoms with van der Waals surface area (Å²) < 4.78 is 26.3. The molecule has 0 unspecified atom stereocenters. The highest BCUT2D eigenvalue weighted by Gasteiger charge is 2.22. The van der Waals surface area contributed by atoms with Gasteiger partial charge >= 0.3 is 0 Å². The highest BCUT2D eigenvalue weighted by molar-refractivity contribution is 5.78. The molecule has 0 bridgehead atoms. The van der Waals surface area contributed by atoms with Crippen LogP contribution in [0.2, 0.25) is 0 Å². The lowest BCUT2D eigenvalue weighted by atomic mass is 10.1. The van der Waals surface area contributed by atoms with Crippen LogP contribution in [0, 0.1) is 11.6 Å². The number of aliphatic hydroxyl groups is 1. The molecular weight excluding hydrogens is 240 g/mol. The predicted molar refractivity (Wildman–Crippen MR) is 61.9 cm³/mol. The van der Waals surface area contributed by atoms with Gasteiger partial charge in [0.25, 0.3) is 0 Å². The highest BCUT2D eigenvalue weighted by atomic mass is 19.1. The van der Waals surface area contributed by atoms with Gasteiger partial charge in [-0.1, -0.05) is 0 Å². The van der Waals surface area contributed by atoms with Crippen LogP contribution in [0.5, 0.6) is 0 Å². The number of hydrogen-bond donors (Lipinski definition) is 1. The fraction of sp³-hybridized carbons (Fsp3) is 0.462. The van der Waals surface area contributed by atoms with Crippen LogP contribution in [0.15, 0.2) is 18.2 Å². The first-order chi connectivity index (χ1) is 8.56. The van der Waals surface area contributed by atoms with Crippen molar-refractivity contribution in [1.82, 2.24) is 4.90 Å². The number of piperidine rings is 1. The molecule has 5 heteroatoms. The van der Waals surface area contributed by atoms with Crippen molar-refractivity contribution in [3.63, 3.8) is 0 Å². The van der Waals surface area contributed by atoms with E-state index in [1.807, 2.05) is 0 Å². The molecule has 98 valence electrons. The summed E-state index contributed by atoms with van der Waals surface area (Å²) in [6, 6.07) is 3.10. The van der Waals surface area contributed by atoms with Crippen LogP contribution in [0.4, 0.5) is 8.78 Å². The van der Waals surface area contributed by atoms with Crippen LogP contribution >= 0.6 is 0 Å². The number of nitrogens with zero attached hydrogens (tertiary/aromatic N) is 1. The van der Waals surface area contributed by atoms with E-state index in [4.69, 9.17) is 0 Å². The number of halogens is 2. The molecule has 0 aliphatic carbocycles. The summed E-state index contributed by atoms with van der Waals surface area (Å²) >= 11 is 0. The number of carbonyl (C=O) groups is 1. The second kappa shape index (κ2) is 5.44. The second-order valence-electron chi connectivity index (χ2n) is 4.52. The molecule has 1 aliphatic heterocycles. The molecule has 18 heavy (non-hydrogen) atoms. The fourth-order valence-corrected chi connectivity index (χ4v) is 2.07. The van der Waals surface area contributed by atoms with Crippen molar-refractivity contribution in [1.29, 1.82) is 0 Å². The van der Waals surface area contributed by atoms with E-state index in [-0.39, 0.29) is 24.0 Å². The third-order valence-electron chi connectivity index (χ3n) is 3.17. The molecule has 1 aromatic carbocycles. The first-order valence-electron chi connectivity index (χ1n) is 5.96. The Hall–Kier alpha value is -1.49. The van der Waals surface area contributed by atoms with Crippen LogP contribution in [0.1, 0.15) is 18.4 Å². The Morgan fingerprint density at radius 3 is 2.67 bits per heavy atom. The summed E-state index contributed by atoms with van der Waals surface area (Å²) in [6.45, 7) is 0.938. The summed E-state index contributed by atoms with van der Waals surface area (Å²) in [5, 5.41) is 9.33. The second-order valence-corrected chi connectivity index (χ2v) is 4.52. The Balaban J connectivity index is 2.00. The smallest absolute Gasteiger partial charge is 0.227 e. The van der Waals surface area contributed by atoms with Gasteiger partial charge in [0, 0.05) is 18.7 Å². The molecule has 0 atom stereocenters. The molecule has 1 heterocycles. The zero-order valence-electron chi connectivity index (χ0n) is 9.90. The number of amides is 1. The quantitative estimate of drug-likeness (QED) is 0.869. The summed E-state index contributed by atoms with van der Waals surface area (Å²) in [4.78, 5) is 13.5. The summed E-state index contributed by atoms with van der Waals surface area (Å²) in [5.41, 5.74) is 0.0751. The molecule has 0 saturated carbocycles. The molecule has 1 saturated heterocycles. The molecule has 1 N–H and O–H groups in total. The Morgan fingerprint density at radius 1 is 1.33 bits per heavy atom. The van der Waals surface area contributed by atoms with Gasteiger partial charge in [-0.3, -0.25) is 4.79 Å². The maximum absolute atomic E-state index is 13.4. The van der Waals surface area contributed by atoms with Crippen molar-refractivity contribution in [3.8, 4) is 0 Å². The van der Waals surface area contributed by atoms with E-state index in [0.717, 1.165) is 18.2 Å². The van der Waals surface area contributed by atoms with Crippen molar-refractivity contribution in [2.45, 2.75) is 25.4 Å². The van der Waals surface area contributed by atoms with Gasteiger partial charge in [-0.25, -0.2) is 8.78 Å². The fourth-order valence-electron chi connectivity index (χ4n) is 2.07. The summed E-state index contributed by atoms with van der Waals surface area (Å²) in [7, 11) is 0. The van der Waals surface area contributed by atoms with E-state index in [0.29, 0.717) is 25.9 Å². The molecule has 0 aromatic heterocycles. The minimum absolute atomic E-state index is 0.0751. The molecule has 1 aliphatic rings. The standard InChI is InChI=1S/C13H15F2NO2/c14-10-1-2-12(15)9(7-10)8-13(18)16-5-3-11(17)4-6-16/h1-2,7,11,17H,3-6,8H2. The minimum Gasteiger partial charge on any atom is -0.393 e. The van der Waals surface area contributed by atoms with Crippen molar-refractivity contribution in [2.75, 3.05) is 13.1 Å². The average molecular weight is 255 g/mol. The van der Waals surface area contributed by atoms with Gasteiger partial charge in [0.2, 0.25) is 5.91 Å². The molecule has 1 fully saturated rings. The van der Waals surface area contributed by atoms with E-state index in [1.165, 1.54) is 0 Å². The third kappa shape index (κ3) is 3.04. The number of benzene rings is 1. The maximum atomic E-state index is 13.4. The van der Waals surface area contributed by atoms with Crippen LogP contribution in [0.25, 0.3) is 0 Å². The summed E-state index contributed by atoms with van der Waals surface area (Å²) in [6.07, 6.45) is 0.578. The lowest BCUT2D eigenvalue weighted by molar-refractivity contribution is -0.132. The van der Waals surface area contributed by atoms with Crippen molar-refractivity contribution < 1.29 is 18.7 Å². The molecule has 3 nitrogen and oxygen atoms in total. The predicted octanol–water partition coefficient (Wildman–Crippen LogP) is 1.49. The van der Waals surface area contributed by atoms with Gasteiger partial charge in [0.15, 0.2) is 0 Å². The molecule has 0 radical (unpaired) electrons. The Kier molecular flexibility index (Phi) is 3.91. The monoisotopic (exact) mass is 255 g/mol.